The molecule has 0 aliphatic carbocycles. The van der Waals surface area contributed by atoms with Gasteiger partial charge in [-0.2, -0.15) is 0 Å². The van der Waals surface area contributed by atoms with E-state index in [1.54, 1.807) is 0 Å². The molecule has 0 amide bonds. The van der Waals surface area contributed by atoms with Gasteiger partial charge in [0.25, 0.3) is 0 Å². The first kappa shape index (κ1) is 11.9. The van der Waals surface area contributed by atoms with E-state index >= 15 is 0 Å². The van der Waals surface area contributed by atoms with Gasteiger partial charge in [0, 0.05) is 12.5 Å². The van der Waals surface area contributed by atoms with Crippen molar-refractivity contribution in [3.63, 3.8) is 0 Å². The van der Waals surface area contributed by atoms with Crippen molar-refractivity contribution in [3.8, 4) is 5.75 Å². The molecule has 2 rings (SSSR count). The summed E-state index contributed by atoms with van der Waals surface area (Å²) >= 11 is 3.50. The molecule has 0 unspecified atom stereocenters. The molecule has 1 aliphatic heterocycles. The maximum Gasteiger partial charge on any atom is 0.133 e. The number of piperidine rings is 1. The van der Waals surface area contributed by atoms with E-state index in [1.165, 1.54) is 19.4 Å². The van der Waals surface area contributed by atoms with E-state index in [-0.39, 0.29) is 0 Å². The zero-order chi connectivity index (χ0) is 11.4. The Balaban J connectivity index is 1.85. The molecule has 16 heavy (non-hydrogen) atoms. The minimum atomic E-state index is 0.672. The highest BCUT2D eigenvalue weighted by molar-refractivity contribution is 9.10. The second kappa shape index (κ2) is 5.69. The van der Waals surface area contributed by atoms with Crippen LogP contribution in [0.3, 0.4) is 0 Å². The highest BCUT2D eigenvalue weighted by atomic mass is 79.9. The number of nitrogens with zero attached hydrogens (tertiary/aromatic N) is 1. The maximum absolute atomic E-state index is 5.85. The third-order valence-corrected chi connectivity index (χ3v) is 3.69. The van der Waals surface area contributed by atoms with Gasteiger partial charge in [0.15, 0.2) is 0 Å². The molecule has 0 saturated carbocycles. The number of hydrogen-bond donors (Lipinski definition) is 0. The molecule has 0 bridgehead atoms. The molecule has 0 N–H and O–H groups in total. The summed E-state index contributed by atoms with van der Waals surface area (Å²) in [4.78, 5) is 2.39. The highest BCUT2D eigenvalue weighted by Gasteiger charge is 2.17. The first-order valence-corrected chi connectivity index (χ1v) is 6.61. The molecular formula is C13H18BrNO. The summed E-state index contributed by atoms with van der Waals surface area (Å²) in [6.07, 6.45) is 2.58. The molecule has 0 aromatic heterocycles. The first-order chi connectivity index (χ1) is 7.75. The number of likely N-dealkylation sites (tertiary alicyclic amines) is 1. The van der Waals surface area contributed by atoms with Gasteiger partial charge in [0.2, 0.25) is 0 Å². The average molecular weight is 284 g/mol. The zero-order valence-electron chi connectivity index (χ0n) is 9.66. The lowest BCUT2D eigenvalue weighted by atomic mass is 10.00. The van der Waals surface area contributed by atoms with Crippen LogP contribution < -0.4 is 4.74 Å². The van der Waals surface area contributed by atoms with Crippen LogP contribution in [0.15, 0.2) is 28.7 Å². The summed E-state index contributed by atoms with van der Waals surface area (Å²) in [6, 6.07) is 8.04. The molecule has 3 heteroatoms. The third-order valence-electron chi connectivity index (χ3n) is 3.03. The Morgan fingerprint density at radius 1 is 1.44 bits per heavy atom. The van der Waals surface area contributed by atoms with Crippen LogP contribution >= 0.6 is 15.9 Å². The van der Waals surface area contributed by atoms with E-state index in [1.807, 2.05) is 24.3 Å². The summed E-state index contributed by atoms with van der Waals surface area (Å²) in [5.74, 6) is 1.63. The number of rotatable bonds is 3. The molecule has 1 saturated heterocycles. The highest BCUT2D eigenvalue weighted by Crippen LogP contribution is 2.25. The number of benzene rings is 1. The molecular weight excluding hydrogens is 266 g/mol. The van der Waals surface area contributed by atoms with Crippen LogP contribution in [0.2, 0.25) is 0 Å². The van der Waals surface area contributed by atoms with E-state index in [4.69, 9.17) is 4.74 Å². The molecule has 1 fully saturated rings. The van der Waals surface area contributed by atoms with Crippen LogP contribution in [0, 0.1) is 5.92 Å². The van der Waals surface area contributed by atoms with Gasteiger partial charge in [-0.25, -0.2) is 0 Å². The third kappa shape index (κ3) is 3.22. The van der Waals surface area contributed by atoms with Gasteiger partial charge >= 0.3 is 0 Å². The Hall–Kier alpha value is -0.540. The van der Waals surface area contributed by atoms with Crippen LogP contribution in [0.4, 0.5) is 0 Å². The van der Waals surface area contributed by atoms with Gasteiger partial charge in [0.05, 0.1) is 11.1 Å². The Morgan fingerprint density at radius 3 is 3.00 bits per heavy atom. The topological polar surface area (TPSA) is 12.5 Å². The number of halogens is 1. The summed E-state index contributed by atoms with van der Waals surface area (Å²) in [6.45, 7) is 3.21. The van der Waals surface area contributed by atoms with Crippen molar-refractivity contribution in [2.75, 3.05) is 26.7 Å². The van der Waals surface area contributed by atoms with Crippen molar-refractivity contribution >= 4 is 15.9 Å². The van der Waals surface area contributed by atoms with E-state index in [0.717, 1.165) is 23.4 Å². The van der Waals surface area contributed by atoms with Crippen LogP contribution in [0.1, 0.15) is 12.8 Å². The maximum atomic E-state index is 5.85. The molecule has 1 aromatic rings. The largest absolute Gasteiger partial charge is 0.492 e. The first-order valence-electron chi connectivity index (χ1n) is 5.81. The fraction of sp³-hybridized carbons (Fsp3) is 0.538. The van der Waals surface area contributed by atoms with Crippen molar-refractivity contribution in [1.82, 2.24) is 4.90 Å². The molecule has 1 heterocycles. The van der Waals surface area contributed by atoms with E-state index in [9.17, 15) is 0 Å². The standard InChI is InChI=1S/C13H18BrNO/c1-15-8-4-5-11(9-15)10-16-13-7-3-2-6-12(13)14/h2-3,6-7,11H,4-5,8-10H2,1H3/t11-/m1/s1. The SMILES string of the molecule is CN1CCC[C@@H](COc2ccccc2Br)C1. The van der Waals surface area contributed by atoms with Crippen molar-refractivity contribution in [1.29, 1.82) is 0 Å². The van der Waals surface area contributed by atoms with Gasteiger partial charge in [-0.15, -0.1) is 0 Å². The Labute approximate surface area is 106 Å². The van der Waals surface area contributed by atoms with E-state index < -0.39 is 0 Å². The van der Waals surface area contributed by atoms with Gasteiger partial charge in [0.1, 0.15) is 5.75 Å². The summed E-state index contributed by atoms with van der Waals surface area (Å²) in [5.41, 5.74) is 0. The van der Waals surface area contributed by atoms with Crippen LogP contribution in [-0.2, 0) is 0 Å². The minimum absolute atomic E-state index is 0.672. The lowest BCUT2D eigenvalue weighted by Crippen LogP contribution is -2.34. The predicted molar refractivity (Wildman–Crippen MR) is 69.9 cm³/mol. The fourth-order valence-electron chi connectivity index (χ4n) is 2.18. The van der Waals surface area contributed by atoms with Gasteiger partial charge < -0.3 is 9.64 Å². The molecule has 1 atom stereocenters. The average Bonchev–Trinajstić information content (AvgIpc) is 2.28. The second-order valence-corrected chi connectivity index (χ2v) is 5.37. The normalized spacial score (nSPS) is 22.0. The summed E-state index contributed by atoms with van der Waals surface area (Å²) in [5, 5.41) is 0. The van der Waals surface area contributed by atoms with E-state index in [0.29, 0.717) is 5.92 Å². The Kier molecular flexibility index (Phi) is 4.24. The lowest BCUT2D eigenvalue weighted by Gasteiger charge is -2.29. The number of ether oxygens (including phenoxy) is 1. The molecule has 2 nitrogen and oxygen atoms in total. The monoisotopic (exact) mass is 283 g/mol. The summed E-state index contributed by atoms with van der Waals surface area (Å²) < 4.78 is 6.89. The van der Waals surface area contributed by atoms with Gasteiger partial charge in [-0.3, -0.25) is 0 Å². The number of hydrogen-bond acceptors (Lipinski definition) is 2. The quantitative estimate of drug-likeness (QED) is 0.845. The molecule has 0 radical (unpaired) electrons. The second-order valence-electron chi connectivity index (χ2n) is 4.51. The molecule has 88 valence electrons. The minimum Gasteiger partial charge on any atom is -0.492 e. The fourth-order valence-corrected chi connectivity index (χ4v) is 2.58. The van der Waals surface area contributed by atoms with Crippen molar-refractivity contribution in [2.45, 2.75) is 12.8 Å². The van der Waals surface area contributed by atoms with E-state index in [2.05, 4.69) is 27.9 Å². The van der Waals surface area contributed by atoms with Gasteiger partial charge in [-0.1, -0.05) is 12.1 Å². The van der Waals surface area contributed by atoms with Crippen LogP contribution in [0.5, 0.6) is 5.75 Å². The zero-order valence-corrected chi connectivity index (χ0v) is 11.2. The Morgan fingerprint density at radius 2 is 2.25 bits per heavy atom. The summed E-state index contributed by atoms with van der Waals surface area (Å²) in [7, 11) is 2.19. The Bertz CT molecular complexity index is 342. The lowest BCUT2D eigenvalue weighted by molar-refractivity contribution is 0.150. The van der Waals surface area contributed by atoms with Crippen LogP contribution in [-0.4, -0.2) is 31.6 Å². The van der Waals surface area contributed by atoms with Crippen molar-refractivity contribution < 1.29 is 4.74 Å². The van der Waals surface area contributed by atoms with Gasteiger partial charge in [-0.05, 0) is 54.5 Å². The van der Waals surface area contributed by atoms with Crippen molar-refractivity contribution in [2.24, 2.45) is 5.92 Å². The van der Waals surface area contributed by atoms with Crippen LogP contribution in [0.25, 0.3) is 0 Å². The molecule has 1 aromatic carbocycles. The smallest absolute Gasteiger partial charge is 0.133 e. The molecule has 1 aliphatic rings. The molecule has 0 spiro atoms. The predicted octanol–water partition coefficient (Wildman–Crippen LogP) is 3.17. The van der Waals surface area contributed by atoms with Crippen molar-refractivity contribution in [3.05, 3.63) is 28.7 Å². The number of para-hydroxylation sites is 1.